The second kappa shape index (κ2) is 7.37. The van der Waals surface area contributed by atoms with Gasteiger partial charge in [0.2, 0.25) is 0 Å². The van der Waals surface area contributed by atoms with Gasteiger partial charge < -0.3 is 14.8 Å². The monoisotopic (exact) mass is 316 g/mol. The van der Waals surface area contributed by atoms with Crippen molar-refractivity contribution < 1.29 is 9.47 Å². The third-order valence-corrected chi connectivity index (χ3v) is 5.17. The maximum atomic E-state index is 5.63. The van der Waals surface area contributed by atoms with E-state index in [0.717, 1.165) is 18.0 Å². The number of hydrogen-bond acceptors (Lipinski definition) is 4. The molecule has 0 saturated carbocycles. The molecule has 0 aromatic heterocycles. The summed E-state index contributed by atoms with van der Waals surface area (Å²) >= 11 is 0. The Morgan fingerprint density at radius 1 is 1.26 bits per heavy atom. The maximum Gasteiger partial charge on any atom is 0.161 e. The minimum Gasteiger partial charge on any atom is -0.493 e. The molecule has 2 heterocycles. The van der Waals surface area contributed by atoms with Gasteiger partial charge in [0.25, 0.3) is 0 Å². The quantitative estimate of drug-likeness (QED) is 0.818. The molecule has 0 atom stereocenters. The van der Waals surface area contributed by atoms with Crippen LogP contribution in [0.15, 0.2) is 30.9 Å². The van der Waals surface area contributed by atoms with Crippen molar-refractivity contribution in [3.63, 3.8) is 0 Å². The summed E-state index contributed by atoms with van der Waals surface area (Å²) < 4.78 is 11.1. The first-order valence-corrected chi connectivity index (χ1v) is 8.58. The highest BCUT2D eigenvalue weighted by atomic mass is 16.5. The molecule has 3 rings (SSSR count). The molecule has 1 spiro atoms. The van der Waals surface area contributed by atoms with Crippen LogP contribution in [0, 0.1) is 5.41 Å². The lowest BCUT2D eigenvalue weighted by Crippen LogP contribution is -2.38. The number of piperidine rings is 1. The van der Waals surface area contributed by atoms with E-state index in [1.54, 1.807) is 13.2 Å². The number of methoxy groups -OCH3 is 1. The summed E-state index contributed by atoms with van der Waals surface area (Å²) in [6.07, 6.45) is 5.73. The Labute approximate surface area is 139 Å². The highest BCUT2D eigenvalue weighted by Crippen LogP contribution is 2.39. The van der Waals surface area contributed by atoms with Crippen LogP contribution in [-0.2, 0) is 6.54 Å². The summed E-state index contributed by atoms with van der Waals surface area (Å²) in [5.41, 5.74) is 1.85. The third kappa shape index (κ3) is 3.88. The molecule has 2 saturated heterocycles. The molecule has 4 nitrogen and oxygen atoms in total. The summed E-state index contributed by atoms with van der Waals surface area (Å²) in [5.74, 6) is 1.59. The van der Waals surface area contributed by atoms with Crippen molar-refractivity contribution in [2.24, 2.45) is 5.41 Å². The average Bonchev–Trinajstić information content (AvgIpc) is 2.96. The SMILES string of the molecule is C=CCOc1ccc(CN2CCC3(CCNCC3)C2)cc1OC. The number of nitrogens with zero attached hydrogens (tertiary/aromatic N) is 1. The van der Waals surface area contributed by atoms with Gasteiger partial charge in [0.1, 0.15) is 6.61 Å². The van der Waals surface area contributed by atoms with E-state index in [1.165, 1.54) is 51.0 Å². The lowest BCUT2D eigenvalue weighted by Gasteiger charge is -2.34. The summed E-state index contributed by atoms with van der Waals surface area (Å²) in [6, 6.07) is 6.26. The van der Waals surface area contributed by atoms with Crippen molar-refractivity contribution in [2.45, 2.75) is 25.8 Å². The zero-order chi connectivity index (χ0) is 16.1. The Kier molecular flexibility index (Phi) is 5.23. The number of benzene rings is 1. The van der Waals surface area contributed by atoms with E-state index in [4.69, 9.17) is 9.47 Å². The fourth-order valence-corrected chi connectivity index (χ4v) is 3.86. The van der Waals surface area contributed by atoms with Crippen LogP contribution in [0.4, 0.5) is 0 Å². The predicted octanol–water partition coefficient (Wildman–Crippen LogP) is 2.84. The summed E-state index contributed by atoms with van der Waals surface area (Å²) in [5, 5.41) is 3.48. The van der Waals surface area contributed by atoms with Crippen LogP contribution in [0.2, 0.25) is 0 Å². The zero-order valence-corrected chi connectivity index (χ0v) is 14.1. The smallest absolute Gasteiger partial charge is 0.161 e. The van der Waals surface area contributed by atoms with Gasteiger partial charge in [-0.15, -0.1) is 0 Å². The van der Waals surface area contributed by atoms with E-state index < -0.39 is 0 Å². The van der Waals surface area contributed by atoms with E-state index in [-0.39, 0.29) is 0 Å². The standard InChI is InChI=1S/C19H28N2O2/c1-3-12-23-17-5-4-16(13-18(17)22-2)14-21-11-8-19(15-21)6-9-20-10-7-19/h3-5,13,20H,1,6-12,14-15H2,2H3. The molecule has 126 valence electrons. The average molecular weight is 316 g/mol. The van der Waals surface area contributed by atoms with Crippen molar-refractivity contribution in [2.75, 3.05) is 39.9 Å². The largest absolute Gasteiger partial charge is 0.493 e. The molecular formula is C19H28N2O2. The van der Waals surface area contributed by atoms with Crippen molar-refractivity contribution in [3.05, 3.63) is 36.4 Å². The molecule has 1 N–H and O–H groups in total. The highest BCUT2D eigenvalue weighted by Gasteiger charge is 2.38. The fourth-order valence-electron chi connectivity index (χ4n) is 3.86. The summed E-state index contributed by atoms with van der Waals surface area (Å²) in [7, 11) is 1.69. The second-order valence-corrected chi connectivity index (χ2v) is 6.80. The molecule has 2 aliphatic rings. The number of hydrogen-bond donors (Lipinski definition) is 1. The van der Waals surface area contributed by atoms with E-state index in [9.17, 15) is 0 Å². The van der Waals surface area contributed by atoms with Crippen LogP contribution in [-0.4, -0.2) is 44.8 Å². The molecule has 4 heteroatoms. The first-order valence-electron chi connectivity index (χ1n) is 8.58. The first kappa shape index (κ1) is 16.3. The Morgan fingerprint density at radius 2 is 2.09 bits per heavy atom. The molecule has 0 amide bonds. The number of ether oxygens (including phenoxy) is 2. The molecule has 1 aromatic rings. The Morgan fingerprint density at radius 3 is 2.83 bits per heavy atom. The van der Waals surface area contributed by atoms with Gasteiger partial charge in [-0.1, -0.05) is 18.7 Å². The van der Waals surface area contributed by atoms with Gasteiger partial charge in [-0.05, 0) is 62.0 Å². The second-order valence-electron chi connectivity index (χ2n) is 6.80. The van der Waals surface area contributed by atoms with Crippen LogP contribution < -0.4 is 14.8 Å². The molecule has 0 bridgehead atoms. The molecule has 0 unspecified atom stereocenters. The third-order valence-electron chi connectivity index (χ3n) is 5.17. The van der Waals surface area contributed by atoms with Crippen molar-refractivity contribution in [1.82, 2.24) is 10.2 Å². The molecule has 2 fully saturated rings. The van der Waals surface area contributed by atoms with E-state index in [2.05, 4.69) is 28.9 Å². The normalized spacial score (nSPS) is 20.6. The summed E-state index contributed by atoms with van der Waals surface area (Å²) in [4.78, 5) is 2.59. The van der Waals surface area contributed by atoms with Crippen molar-refractivity contribution in [1.29, 1.82) is 0 Å². The minimum absolute atomic E-state index is 0.498. The van der Waals surface area contributed by atoms with Crippen molar-refractivity contribution in [3.8, 4) is 11.5 Å². The van der Waals surface area contributed by atoms with E-state index in [1.807, 2.05) is 6.07 Å². The minimum atomic E-state index is 0.498. The van der Waals surface area contributed by atoms with Gasteiger partial charge in [-0.2, -0.15) is 0 Å². The van der Waals surface area contributed by atoms with Gasteiger partial charge in [0, 0.05) is 13.1 Å². The number of likely N-dealkylation sites (tertiary alicyclic amines) is 1. The topological polar surface area (TPSA) is 33.7 Å². The molecule has 2 aliphatic heterocycles. The number of nitrogens with one attached hydrogen (secondary N) is 1. The van der Waals surface area contributed by atoms with Gasteiger partial charge in [-0.3, -0.25) is 4.90 Å². The molecule has 1 aromatic carbocycles. The highest BCUT2D eigenvalue weighted by molar-refractivity contribution is 5.43. The number of rotatable bonds is 6. The van der Waals surface area contributed by atoms with Crippen LogP contribution in [0.3, 0.4) is 0 Å². The summed E-state index contributed by atoms with van der Waals surface area (Å²) in [6.45, 7) is 9.96. The molecule has 0 radical (unpaired) electrons. The van der Waals surface area contributed by atoms with E-state index >= 15 is 0 Å². The zero-order valence-electron chi connectivity index (χ0n) is 14.1. The Bertz CT molecular complexity index is 538. The fraction of sp³-hybridized carbons (Fsp3) is 0.579. The van der Waals surface area contributed by atoms with Crippen LogP contribution in [0.5, 0.6) is 11.5 Å². The van der Waals surface area contributed by atoms with Gasteiger partial charge in [-0.25, -0.2) is 0 Å². The van der Waals surface area contributed by atoms with E-state index in [0.29, 0.717) is 12.0 Å². The Balaban J connectivity index is 1.63. The molecule has 0 aliphatic carbocycles. The lowest BCUT2D eigenvalue weighted by atomic mass is 9.78. The van der Waals surface area contributed by atoms with Crippen molar-refractivity contribution >= 4 is 0 Å². The predicted molar refractivity (Wildman–Crippen MR) is 93.1 cm³/mol. The van der Waals surface area contributed by atoms with Crippen LogP contribution in [0.1, 0.15) is 24.8 Å². The lowest BCUT2D eigenvalue weighted by molar-refractivity contribution is 0.194. The Hall–Kier alpha value is -1.52. The van der Waals surface area contributed by atoms with Crippen LogP contribution in [0.25, 0.3) is 0 Å². The van der Waals surface area contributed by atoms with Gasteiger partial charge >= 0.3 is 0 Å². The maximum absolute atomic E-state index is 5.63. The van der Waals surface area contributed by atoms with Gasteiger partial charge in [0.15, 0.2) is 11.5 Å². The molecular weight excluding hydrogens is 288 g/mol. The molecule has 23 heavy (non-hydrogen) atoms. The first-order chi connectivity index (χ1) is 11.2. The van der Waals surface area contributed by atoms with Crippen LogP contribution >= 0.6 is 0 Å². The van der Waals surface area contributed by atoms with Gasteiger partial charge in [0.05, 0.1) is 7.11 Å².